The number of nitrogens with zero attached hydrogens (tertiary/aromatic N) is 4. The van der Waals surface area contributed by atoms with Crippen LogP contribution in [0.25, 0.3) is 0 Å². The topological polar surface area (TPSA) is 108 Å². The highest BCUT2D eigenvalue weighted by Crippen LogP contribution is 2.22. The molecule has 0 saturated heterocycles. The van der Waals surface area contributed by atoms with Crippen LogP contribution in [0.3, 0.4) is 0 Å². The van der Waals surface area contributed by atoms with Crippen LogP contribution in [-0.4, -0.2) is 36.6 Å². The van der Waals surface area contributed by atoms with Crippen molar-refractivity contribution in [2.45, 2.75) is 13.1 Å². The zero-order valence-electron chi connectivity index (χ0n) is 13.2. The number of halogens is 1. The van der Waals surface area contributed by atoms with Crippen LogP contribution in [0.4, 0.5) is 17.5 Å². The van der Waals surface area contributed by atoms with Crippen LogP contribution < -0.4 is 10.6 Å². The summed E-state index contributed by atoms with van der Waals surface area (Å²) in [6, 6.07) is 6.86. The van der Waals surface area contributed by atoms with Crippen LogP contribution >= 0.6 is 11.6 Å². The lowest BCUT2D eigenvalue weighted by Crippen LogP contribution is -2.05. The van der Waals surface area contributed by atoms with E-state index in [-0.39, 0.29) is 12.4 Å². The molecule has 0 saturated carbocycles. The summed E-state index contributed by atoms with van der Waals surface area (Å²) in [4.78, 5) is 8.50. The van der Waals surface area contributed by atoms with Gasteiger partial charge in [-0.25, -0.2) is 4.98 Å². The molecule has 2 aromatic heterocycles. The summed E-state index contributed by atoms with van der Waals surface area (Å²) in [5.41, 5.74) is 1.69. The van der Waals surface area contributed by atoms with E-state index in [9.17, 15) is 5.11 Å². The molecular weight excluding hydrogens is 344 g/mol. The minimum absolute atomic E-state index is 0.0178. The molecule has 1 aromatic carbocycles. The van der Waals surface area contributed by atoms with Crippen molar-refractivity contribution in [2.24, 2.45) is 0 Å². The Morgan fingerprint density at radius 1 is 1.16 bits per heavy atom. The summed E-state index contributed by atoms with van der Waals surface area (Å²) < 4.78 is 1.61. The van der Waals surface area contributed by atoms with Gasteiger partial charge in [-0.2, -0.15) is 10.1 Å². The van der Waals surface area contributed by atoms with Gasteiger partial charge in [-0.05, 0) is 17.7 Å². The van der Waals surface area contributed by atoms with Gasteiger partial charge in [-0.3, -0.25) is 4.68 Å². The van der Waals surface area contributed by atoms with Crippen LogP contribution in [0, 0.1) is 0 Å². The van der Waals surface area contributed by atoms with Crippen molar-refractivity contribution in [1.82, 2.24) is 19.7 Å². The monoisotopic (exact) mass is 360 g/mol. The molecule has 8 nitrogen and oxygen atoms in total. The molecule has 4 N–H and O–H groups in total. The molecular formula is C16H17ClN6O2. The Kier molecular flexibility index (Phi) is 5.32. The van der Waals surface area contributed by atoms with E-state index in [4.69, 9.17) is 16.7 Å². The smallest absolute Gasteiger partial charge is 0.229 e. The quantitative estimate of drug-likeness (QED) is 0.512. The van der Waals surface area contributed by atoms with Crippen LogP contribution in [0.15, 0.2) is 42.9 Å². The average molecular weight is 361 g/mol. The van der Waals surface area contributed by atoms with Gasteiger partial charge < -0.3 is 20.8 Å². The Morgan fingerprint density at radius 3 is 2.72 bits per heavy atom. The minimum atomic E-state index is 0.0178. The number of benzene rings is 1. The Labute approximate surface area is 149 Å². The Bertz CT molecular complexity index is 837. The number of aromatic hydroxyl groups is 1. The van der Waals surface area contributed by atoms with E-state index in [2.05, 4.69) is 25.7 Å². The molecule has 0 bridgehead atoms. The lowest BCUT2D eigenvalue weighted by molar-refractivity contribution is 0.269. The van der Waals surface area contributed by atoms with Gasteiger partial charge in [0.25, 0.3) is 0 Å². The van der Waals surface area contributed by atoms with Crippen molar-refractivity contribution in [3.8, 4) is 5.75 Å². The zero-order chi connectivity index (χ0) is 17.6. The molecule has 0 amide bonds. The standard InChI is InChI=1S/C16H17ClN6O2/c17-14-9-19-16(21-12-8-20-23(10-12)5-6-24)22-15(14)18-7-11-1-3-13(25)4-2-11/h1-4,8-10,24-25H,5-7H2,(H2,18,19,21,22). The van der Waals surface area contributed by atoms with Crippen molar-refractivity contribution in [3.63, 3.8) is 0 Å². The Hall–Kier alpha value is -2.84. The minimum Gasteiger partial charge on any atom is -0.508 e. The van der Waals surface area contributed by atoms with E-state index in [0.717, 1.165) is 5.56 Å². The Balaban J connectivity index is 1.67. The first-order valence-electron chi connectivity index (χ1n) is 7.58. The van der Waals surface area contributed by atoms with Gasteiger partial charge in [0.2, 0.25) is 5.95 Å². The van der Waals surface area contributed by atoms with E-state index in [0.29, 0.717) is 35.6 Å². The summed E-state index contributed by atoms with van der Waals surface area (Å²) in [6.07, 6.45) is 4.88. The van der Waals surface area contributed by atoms with E-state index in [1.807, 2.05) is 12.1 Å². The van der Waals surface area contributed by atoms with Crippen LogP contribution in [-0.2, 0) is 13.1 Å². The molecule has 9 heteroatoms. The maximum Gasteiger partial charge on any atom is 0.229 e. The third-order valence-corrected chi connectivity index (χ3v) is 3.64. The summed E-state index contributed by atoms with van der Waals surface area (Å²) in [5, 5.41) is 28.9. The fraction of sp³-hybridized carbons (Fsp3) is 0.188. The normalized spacial score (nSPS) is 10.6. The molecule has 0 atom stereocenters. The number of hydrogen-bond donors (Lipinski definition) is 4. The van der Waals surface area contributed by atoms with Crippen molar-refractivity contribution in [1.29, 1.82) is 0 Å². The molecule has 130 valence electrons. The molecule has 0 radical (unpaired) electrons. The number of phenols is 1. The molecule has 2 heterocycles. The number of hydrogen-bond acceptors (Lipinski definition) is 7. The van der Waals surface area contributed by atoms with Crippen molar-refractivity contribution >= 4 is 29.1 Å². The van der Waals surface area contributed by atoms with Gasteiger partial charge in [0, 0.05) is 12.7 Å². The fourth-order valence-corrected chi connectivity index (χ4v) is 2.29. The lowest BCUT2D eigenvalue weighted by atomic mass is 10.2. The first-order valence-corrected chi connectivity index (χ1v) is 7.96. The molecule has 3 rings (SSSR count). The zero-order valence-corrected chi connectivity index (χ0v) is 14.0. The maximum atomic E-state index is 9.31. The maximum absolute atomic E-state index is 9.31. The van der Waals surface area contributed by atoms with E-state index in [1.165, 1.54) is 6.20 Å². The van der Waals surface area contributed by atoms with Gasteiger partial charge >= 0.3 is 0 Å². The number of aliphatic hydroxyl groups excluding tert-OH is 1. The van der Waals surface area contributed by atoms with E-state index >= 15 is 0 Å². The molecule has 0 aliphatic carbocycles. The molecule has 0 fully saturated rings. The predicted molar refractivity (Wildman–Crippen MR) is 95.1 cm³/mol. The number of aromatic nitrogens is 4. The van der Waals surface area contributed by atoms with Gasteiger partial charge in [-0.1, -0.05) is 23.7 Å². The molecule has 0 unspecified atom stereocenters. The summed E-state index contributed by atoms with van der Waals surface area (Å²) in [6.45, 7) is 0.942. The molecule has 25 heavy (non-hydrogen) atoms. The lowest BCUT2D eigenvalue weighted by Gasteiger charge is -2.09. The van der Waals surface area contributed by atoms with Gasteiger partial charge in [-0.15, -0.1) is 0 Å². The van der Waals surface area contributed by atoms with Crippen LogP contribution in [0.5, 0.6) is 5.75 Å². The summed E-state index contributed by atoms with van der Waals surface area (Å²) in [7, 11) is 0. The van der Waals surface area contributed by atoms with E-state index < -0.39 is 0 Å². The summed E-state index contributed by atoms with van der Waals surface area (Å²) in [5.74, 6) is 1.09. The summed E-state index contributed by atoms with van der Waals surface area (Å²) >= 11 is 6.14. The van der Waals surface area contributed by atoms with Gasteiger partial charge in [0.1, 0.15) is 10.8 Å². The van der Waals surface area contributed by atoms with Crippen LogP contribution in [0.2, 0.25) is 5.02 Å². The Morgan fingerprint density at radius 2 is 1.96 bits per heavy atom. The number of phenolic OH excluding ortho intramolecular Hbond substituents is 1. The van der Waals surface area contributed by atoms with E-state index in [1.54, 1.807) is 29.2 Å². The van der Waals surface area contributed by atoms with Crippen molar-refractivity contribution in [2.75, 3.05) is 17.2 Å². The molecule has 0 spiro atoms. The largest absolute Gasteiger partial charge is 0.508 e. The van der Waals surface area contributed by atoms with Gasteiger partial charge in [0.15, 0.2) is 5.82 Å². The second-order valence-corrected chi connectivity index (χ2v) is 5.66. The SMILES string of the molecule is OCCn1cc(Nc2ncc(Cl)c(NCc3ccc(O)cc3)n2)cn1. The highest BCUT2D eigenvalue weighted by atomic mass is 35.5. The predicted octanol–water partition coefficient (Wildman–Crippen LogP) is 2.38. The fourth-order valence-electron chi connectivity index (χ4n) is 2.13. The first-order chi connectivity index (χ1) is 12.1. The molecule has 3 aromatic rings. The van der Waals surface area contributed by atoms with Crippen molar-refractivity contribution < 1.29 is 10.2 Å². The third kappa shape index (κ3) is 4.59. The highest BCUT2D eigenvalue weighted by Gasteiger charge is 2.07. The number of rotatable bonds is 7. The second kappa shape index (κ2) is 7.82. The van der Waals surface area contributed by atoms with Crippen molar-refractivity contribution in [3.05, 3.63) is 53.4 Å². The second-order valence-electron chi connectivity index (χ2n) is 5.25. The number of aliphatic hydroxyl groups is 1. The highest BCUT2D eigenvalue weighted by molar-refractivity contribution is 6.32. The van der Waals surface area contributed by atoms with Crippen LogP contribution in [0.1, 0.15) is 5.56 Å². The number of nitrogens with one attached hydrogen (secondary N) is 2. The first kappa shape index (κ1) is 17.0. The molecule has 0 aliphatic rings. The van der Waals surface area contributed by atoms with Gasteiger partial charge in [0.05, 0.1) is 31.2 Å². The molecule has 0 aliphatic heterocycles. The number of anilines is 3. The third-order valence-electron chi connectivity index (χ3n) is 3.36. The average Bonchev–Trinajstić information content (AvgIpc) is 3.04.